The van der Waals surface area contributed by atoms with Crippen LogP contribution < -0.4 is 10.4 Å². The van der Waals surface area contributed by atoms with E-state index in [1.54, 1.807) is 6.07 Å². The van der Waals surface area contributed by atoms with Crippen molar-refractivity contribution in [3.8, 4) is 23.3 Å². The first-order valence-corrected chi connectivity index (χ1v) is 9.37. The van der Waals surface area contributed by atoms with Crippen LogP contribution in [0.15, 0.2) is 30.3 Å². The van der Waals surface area contributed by atoms with Gasteiger partial charge in [0, 0.05) is 10.8 Å². The van der Waals surface area contributed by atoms with E-state index in [-0.39, 0.29) is 21.9 Å². The lowest BCUT2D eigenvalue weighted by Gasteiger charge is -2.11. The highest BCUT2D eigenvalue weighted by Gasteiger charge is 2.28. The Balaban J connectivity index is 2.64. The summed E-state index contributed by atoms with van der Waals surface area (Å²) in [5.41, 5.74) is -5.26. The Morgan fingerprint density at radius 3 is 1.86 bits per heavy atom. The Hall–Kier alpha value is -5.06. The van der Waals surface area contributed by atoms with Gasteiger partial charge in [0.1, 0.15) is 17.7 Å². The van der Waals surface area contributed by atoms with Crippen molar-refractivity contribution in [1.82, 2.24) is 0 Å². The second-order valence-corrected chi connectivity index (χ2v) is 6.98. The molecule has 0 fully saturated rings. The zero-order chi connectivity index (χ0) is 26.0. The summed E-state index contributed by atoms with van der Waals surface area (Å²) >= 11 is 0. The fourth-order valence-corrected chi connectivity index (χ4v) is 3.29. The predicted molar refractivity (Wildman–Crippen MR) is 112 cm³/mol. The van der Waals surface area contributed by atoms with Crippen molar-refractivity contribution in [1.29, 1.82) is 10.5 Å². The van der Waals surface area contributed by atoms with E-state index in [0.29, 0.717) is 0 Å². The van der Waals surface area contributed by atoms with Crippen LogP contribution in [-0.4, -0.2) is 0 Å². The topological polar surface area (TPSA) is 56.3 Å². The van der Waals surface area contributed by atoms with Gasteiger partial charge < -0.3 is 0 Å². The zero-order valence-electron chi connectivity index (χ0n) is 17.4. The Kier molecular flexibility index (Phi) is 6.62. The van der Waals surface area contributed by atoms with E-state index in [1.165, 1.54) is 6.07 Å². The molecule has 4 nitrogen and oxygen atoms in total. The quantitative estimate of drug-likeness (QED) is 0.284. The summed E-state index contributed by atoms with van der Waals surface area (Å²) in [6.45, 7) is 15.0. The molecule has 0 aliphatic rings. The molecule has 3 aromatic carbocycles. The average Bonchev–Trinajstić information content (AvgIpc) is 2.85. The van der Waals surface area contributed by atoms with Crippen LogP contribution >= 0.6 is 0 Å². The van der Waals surface area contributed by atoms with Gasteiger partial charge in [-0.05, 0) is 35.4 Å². The number of hydrogen-bond donors (Lipinski definition) is 0. The average molecular weight is 478 g/mol. The van der Waals surface area contributed by atoms with Gasteiger partial charge in [0.25, 0.3) is 11.4 Å². The monoisotopic (exact) mass is 478 g/mol. The molecular weight excluding hydrogens is 470 g/mol. The Morgan fingerprint density at radius 2 is 1.40 bits per heavy atom. The molecule has 0 amide bonds. The summed E-state index contributed by atoms with van der Waals surface area (Å²) in [4.78, 5) is 5.44. The van der Waals surface area contributed by atoms with Gasteiger partial charge >= 0.3 is 0 Å². The molecule has 0 spiro atoms. The highest BCUT2D eigenvalue weighted by Crippen LogP contribution is 2.33. The van der Waals surface area contributed by atoms with Crippen LogP contribution in [0.5, 0.6) is 0 Å². The standard InChI is InChI=1S/C25H8F6N4/c1-11-17(26)7-13(8-18(11)27)15-6-12(19(10-33)34-2)4-5-14(15)16(9-32)20-21(28)23(30)25(35-3)24(31)22(20)29/h4-8H,1H3/b16-14+,19-12+. The van der Waals surface area contributed by atoms with Crippen LogP contribution in [-0.2, 0) is 0 Å². The van der Waals surface area contributed by atoms with Gasteiger partial charge in [-0.15, -0.1) is 0 Å². The lowest BCUT2D eigenvalue weighted by molar-refractivity contribution is 0.457. The largest absolute Gasteiger partial charge is 0.268 e. The number of benzene rings is 3. The van der Waals surface area contributed by atoms with E-state index in [1.807, 2.05) is 0 Å². The number of nitrogens with zero attached hydrogens (tertiary/aromatic N) is 4. The molecule has 3 aromatic rings. The molecule has 0 unspecified atom stereocenters. The minimum atomic E-state index is -2.03. The van der Waals surface area contributed by atoms with Crippen molar-refractivity contribution in [2.45, 2.75) is 6.92 Å². The van der Waals surface area contributed by atoms with Crippen molar-refractivity contribution in [3.05, 3.63) is 110 Å². The number of halogens is 6. The van der Waals surface area contributed by atoms with Crippen molar-refractivity contribution in [2.24, 2.45) is 0 Å². The number of rotatable bonds is 2. The number of nitriles is 2. The smallest absolute Gasteiger partial charge is 0.232 e. The predicted octanol–water partition coefficient (Wildman–Crippen LogP) is 5.32. The maximum absolute atomic E-state index is 14.7. The third-order valence-corrected chi connectivity index (χ3v) is 5.09. The molecule has 0 atom stereocenters. The zero-order valence-corrected chi connectivity index (χ0v) is 17.4. The number of hydrogen-bond acceptors (Lipinski definition) is 2. The molecular formula is C25H8F6N4. The van der Waals surface area contributed by atoms with Gasteiger partial charge in [0.05, 0.1) is 30.4 Å². The van der Waals surface area contributed by atoms with Gasteiger partial charge in [-0.25, -0.2) is 41.3 Å². The first-order chi connectivity index (χ1) is 16.6. The van der Waals surface area contributed by atoms with Crippen molar-refractivity contribution in [3.63, 3.8) is 0 Å². The van der Waals surface area contributed by atoms with Gasteiger partial charge in [0.2, 0.25) is 0 Å². The fraction of sp³-hybridized carbons (Fsp3) is 0.0400. The van der Waals surface area contributed by atoms with Crippen molar-refractivity contribution >= 4 is 17.0 Å². The minimum absolute atomic E-state index is 0.0541. The third kappa shape index (κ3) is 4.06. The van der Waals surface area contributed by atoms with Crippen molar-refractivity contribution in [2.75, 3.05) is 0 Å². The van der Waals surface area contributed by atoms with E-state index >= 15 is 0 Å². The molecule has 3 rings (SSSR count). The minimum Gasteiger partial charge on any atom is -0.232 e. The lowest BCUT2D eigenvalue weighted by atomic mass is 9.94. The maximum atomic E-state index is 14.7. The first kappa shape index (κ1) is 24.6. The third-order valence-electron chi connectivity index (χ3n) is 5.09. The van der Waals surface area contributed by atoms with Gasteiger partial charge in [-0.3, -0.25) is 0 Å². The Labute approximate surface area is 194 Å². The van der Waals surface area contributed by atoms with Crippen LogP contribution in [0.25, 0.3) is 32.1 Å². The summed E-state index contributed by atoms with van der Waals surface area (Å²) in [5.74, 6) is -10.1. The summed E-state index contributed by atoms with van der Waals surface area (Å²) in [6, 6.07) is 7.94. The molecule has 0 radical (unpaired) electrons. The molecule has 35 heavy (non-hydrogen) atoms. The summed E-state index contributed by atoms with van der Waals surface area (Å²) in [5, 5.41) is 18.4. The molecule has 10 heteroatoms. The molecule has 0 bridgehead atoms. The van der Waals surface area contributed by atoms with Gasteiger partial charge in [-0.2, -0.15) is 5.26 Å². The highest BCUT2D eigenvalue weighted by atomic mass is 19.2. The van der Waals surface area contributed by atoms with Crippen LogP contribution in [0.3, 0.4) is 0 Å². The molecule has 0 aromatic heterocycles. The molecule has 0 aliphatic carbocycles. The van der Waals surface area contributed by atoms with Crippen LogP contribution in [0.1, 0.15) is 11.1 Å². The Morgan fingerprint density at radius 1 is 0.829 bits per heavy atom. The molecule has 170 valence electrons. The fourth-order valence-electron chi connectivity index (χ4n) is 3.29. The second kappa shape index (κ2) is 9.43. The van der Waals surface area contributed by atoms with E-state index in [0.717, 1.165) is 37.3 Å². The first-order valence-electron chi connectivity index (χ1n) is 9.37. The SMILES string of the molecule is [C-]#[N+]/C(C#N)=c1\cc/c(=C(/C#N)c2c(F)c(F)c([N+]#[C-])c(F)c2F)c(-c2cc(F)c(C)c(F)c2)c1. The van der Waals surface area contributed by atoms with Gasteiger partial charge in [-0.1, -0.05) is 18.2 Å². The normalized spacial score (nSPS) is 12.1. The summed E-state index contributed by atoms with van der Waals surface area (Å²) in [7, 11) is 0. The van der Waals surface area contributed by atoms with Crippen LogP contribution in [0.4, 0.5) is 32.0 Å². The molecule has 0 N–H and O–H groups in total. The molecule has 0 saturated carbocycles. The lowest BCUT2D eigenvalue weighted by Crippen LogP contribution is -2.18. The van der Waals surface area contributed by atoms with E-state index in [4.69, 9.17) is 18.4 Å². The van der Waals surface area contributed by atoms with E-state index in [9.17, 15) is 31.6 Å². The highest BCUT2D eigenvalue weighted by molar-refractivity contribution is 5.83. The summed E-state index contributed by atoms with van der Waals surface area (Å²) in [6.07, 6.45) is 0. The molecule has 0 aliphatic heterocycles. The summed E-state index contributed by atoms with van der Waals surface area (Å²) < 4.78 is 86.6. The maximum Gasteiger partial charge on any atom is 0.268 e. The van der Waals surface area contributed by atoms with Crippen LogP contribution in [0, 0.1) is 77.6 Å². The van der Waals surface area contributed by atoms with E-state index in [2.05, 4.69) is 9.69 Å². The Bertz CT molecular complexity index is 1650. The van der Waals surface area contributed by atoms with Gasteiger partial charge in [0.15, 0.2) is 23.3 Å². The molecule has 0 saturated heterocycles. The van der Waals surface area contributed by atoms with Crippen molar-refractivity contribution < 1.29 is 26.3 Å². The van der Waals surface area contributed by atoms with Crippen LogP contribution in [0.2, 0.25) is 0 Å². The van der Waals surface area contributed by atoms with E-state index < -0.39 is 62.6 Å². The second-order valence-electron chi connectivity index (χ2n) is 6.98. The molecule has 0 heterocycles.